The molecule has 0 bridgehead atoms. The molecule has 4 heteroatoms. The van der Waals surface area contributed by atoms with E-state index in [4.69, 9.17) is 10.5 Å². The van der Waals surface area contributed by atoms with Crippen LogP contribution in [0.1, 0.15) is 11.4 Å². The summed E-state index contributed by atoms with van der Waals surface area (Å²) in [4.78, 5) is 4.28. The molecule has 0 radical (unpaired) electrons. The number of hydrogen-bond acceptors (Lipinski definition) is 3. The fourth-order valence-electron chi connectivity index (χ4n) is 1.46. The Kier molecular flexibility index (Phi) is 3.23. The number of hydrogen-bond donors (Lipinski definition) is 1. The number of pyridine rings is 1. The smallest absolute Gasteiger partial charge is 0.145 e. The Labute approximate surface area is 99.1 Å². The van der Waals surface area contributed by atoms with E-state index in [0.29, 0.717) is 11.4 Å². The fourth-order valence-corrected chi connectivity index (χ4v) is 1.46. The second kappa shape index (κ2) is 4.82. The maximum absolute atomic E-state index is 13.0. The van der Waals surface area contributed by atoms with Crippen molar-refractivity contribution in [1.29, 1.82) is 0 Å². The van der Waals surface area contributed by atoms with E-state index < -0.39 is 0 Å². The highest BCUT2D eigenvalue weighted by Gasteiger charge is 2.03. The van der Waals surface area contributed by atoms with Crippen molar-refractivity contribution in [3.8, 4) is 5.75 Å². The zero-order chi connectivity index (χ0) is 12.3. The van der Waals surface area contributed by atoms with Crippen molar-refractivity contribution in [2.75, 3.05) is 5.73 Å². The van der Waals surface area contributed by atoms with Crippen molar-refractivity contribution in [3.05, 3.63) is 53.6 Å². The molecular formula is C13H13FN2O. The lowest BCUT2D eigenvalue weighted by molar-refractivity contribution is 0.301. The molecule has 0 atom stereocenters. The molecule has 1 aromatic carbocycles. The van der Waals surface area contributed by atoms with Crippen molar-refractivity contribution in [3.63, 3.8) is 0 Å². The van der Waals surface area contributed by atoms with Crippen LogP contribution in [0, 0.1) is 12.7 Å². The van der Waals surface area contributed by atoms with Gasteiger partial charge in [0.05, 0.1) is 11.4 Å². The van der Waals surface area contributed by atoms with Crippen LogP contribution in [0.3, 0.4) is 0 Å². The molecule has 2 N–H and O–H groups in total. The molecule has 0 amide bonds. The lowest BCUT2D eigenvalue weighted by atomic mass is 10.3. The van der Waals surface area contributed by atoms with Crippen LogP contribution < -0.4 is 10.5 Å². The zero-order valence-corrected chi connectivity index (χ0v) is 9.48. The number of aryl methyl sites for hydroxylation is 1. The first kappa shape index (κ1) is 11.4. The molecule has 0 unspecified atom stereocenters. The number of halogens is 1. The monoisotopic (exact) mass is 232 g/mol. The third-order valence-electron chi connectivity index (χ3n) is 2.30. The van der Waals surface area contributed by atoms with Gasteiger partial charge in [-0.05, 0) is 31.2 Å². The van der Waals surface area contributed by atoms with Gasteiger partial charge in [-0.15, -0.1) is 0 Å². The quantitative estimate of drug-likeness (QED) is 0.828. The molecule has 1 aromatic heterocycles. The number of anilines is 1. The van der Waals surface area contributed by atoms with Gasteiger partial charge in [-0.2, -0.15) is 0 Å². The van der Waals surface area contributed by atoms with E-state index in [0.717, 1.165) is 11.4 Å². The highest BCUT2D eigenvalue weighted by Crippen LogP contribution is 2.22. The van der Waals surface area contributed by atoms with E-state index >= 15 is 0 Å². The van der Waals surface area contributed by atoms with Crippen molar-refractivity contribution >= 4 is 5.69 Å². The van der Waals surface area contributed by atoms with Gasteiger partial charge in [0.15, 0.2) is 0 Å². The number of nitrogens with zero attached hydrogens (tertiary/aromatic N) is 1. The molecule has 88 valence electrons. The number of benzene rings is 1. The van der Waals surface area contributed by atoms with Gasteiger partial charge >= 0.3 is 0 Å². The Hall–Kier alpha value is -2.10. The number of aromatic nitrogens is 1. The summed E-state index contributed by atoms with van der Waals surface area (Å²) in [7, 11) is 0. The van der Waals surface area contributed by atoms with Crippen molar-refractivity contribution < 1.29 is 9.13 Å². The summed E-state index contributed by atoms with van der Waals surface area (Å²) in [5.74, 6) is -0.0280. The van der Waals surface area contributed by atoms with Gasteiger partial charge in [0.25, 0.3) is 0 Å². The molecule has 2 aromatic rings. The number of rotatable bonds is 3. The number of nitrogens with two attached hydrogens (primary N) is 1. The molecule has 0 spiro atoms. The van der Waals surface area contributed by atoms with Crippen LogP contribution in [-0.4, -0.2) is 4.98 Å². The predicted molar refractivity (Wildman–Crippen MR) is 64.1 cm³/mol. The Morgan fingerprint density at radius 1 is 1.29 bits per heavy atom. The van der Waals surface area contributed by atoms with Gasteiger partial charge in [-0.3, -0.25) is 4.98 Å². The van der Waals surface area contributed by atoms with Crippen LogP contribution in [0.2, 0.25) is 0 Å². The van der Waals surface area contributed by atoms with Crippen molar-refractivity contribution in [1.82, 2.24) is 4.98 Å². The van der Waals surface area contributed by atoms with Gasteiger partial charge in [-0.1, -0.05) is 6.07 Å². The van der Waals surface area contributed by atoms with Crippen LogP contribution >= 0.6 is 0 Å². The second-order valence-corrected chi connectivity index (χ2v) is 3.74. The first-order valence-corrected chi connectivity index (χ1v) is 5.25. The van der Waals surface area contributed by atoms with Gasteiger partial charge in [0.2, 0.25) is 0 Å². The molecule has 0 aliphatic heterocycles. The average Bonchev–Trinajstić information content (AvgIpc) is 2.30. The Morgan fingerprint density at radius 3 is 2.88 bits per heavy atom. The van der Waals surface area contributed by atoms with Crippen LogP contribution in [0.4, 0.5) is 10.1 Å². The minimum Gasteiger partial charge on any atom is -0.485 e. The topological polar surface area (TPSA) is 48.1 Å². The minimum absolute atomic E-state index is 0.273. The van der Waals surface area contributed by atoms with E-state index in [1.54, 1.807) is 0 Å². The van der Waals surface area contributed by atoms with Crippen LogP contribution in [0.15, 0.2) is 36.4 Å². The lowest BCUT2D eigenvalue weighted by Crippen LogP contribution is -2.01. The van der Waals surface area contributed by atoms with Crippen molar-refractivity contribution in [2.45, 2.75) is 13.5 Å². The SMILES string of the molecule is Cc1cccc(COc2cc(F)ccc2N)n1. The molecule has 0 fully saturated rings. The predicted octanol–water partition coefficient (Wildman–Crippen LogP) is 2.69. The van der Waals surface area contributed by atoms with Gasteiger partial charge in [0, 0.05) is 11.8 Å². The van der Waals surface area contributed by atoms with E-state index in [9.17, 15) is 4.39 Å². The Balaban J connectivity index is 2.09. The summed E-state index contributed by atoms with van der Waals surface area (Å²) in [5, 5.41) is 0. The molecule has 1 heterocycles. The van der Waals surface area contributed by atoms with Crippen molar-refractivity contribution in [2.24, 2.45) is 0 Å². The van der Waals surface area contributed by atoms with E-state index in [1.165, 1.54) is 18.2 Å². The number of ether oxygens (including phenoxy) is 1. The minimum atomic E-state index is -0.369. The molecule has 2 rings (SSSR count). The molecular weight excluding hydrogens is 219 g/mol. The molecule has 17 heavy (non-hydrogen) atoms. The maximum atomic E-state index is 13.0. The number of nitrogen functional groups attached to an aromatic ring is 1. The zero-order valence-electron chi connectivity index (χ0n) is 9.48. The highest BCUT2D eigenvalue weighted by molar-refractivity contribution is 5.52. The van der Waals surface area contributed by atoms with Gasteiger partial charge < -0.3 is 10.5 Å². The maximum Gasteiger partial charge on any atom is 0.145 e. The fraction of sp³-hybridized carbons (Fsp3) is 0.154. The molecule has 0 saturated heterocycles. The summed E-state index contributed by atoms with van der Waals surface area (Å²) < 4.78 is 18.4. The summed E-state index contributed by atoms with van der Waals surface area (Å²) in [6.45, 7) is 2.18. The summed E-state index contributed by atoms with van der Waals surface area (Å²) in [6.07, 6.45) is 0. The Bertz CT molecular complexity index is 529. The standard InChI is InChI=1S/C13H13FN2O/c1-9-3-2-4-11(16-9)8-17-13-7-10(14)5-6-12(13)15/h2-7H,8,15H2,1H3. The third kappa shape index (κ3) is 2.93. The molecule has 0 aliphatic carbocycles. The van der Waals surface area contributed by atoms with Gasteiger partial charge in [0.1, 0.15) is 18.2 Å². The van der Waals surface area contributed by atoms with E-state index in [2.05, 4.69) is 4.98 Å². The summed E-state index contributed by atoms with van der Waals surface area (Å²) in [5.41, 5.74) is 7.79. The third-order valence-corrected chi connectivity index (χ3v) is 2.30. The summed E-state index contributed by atoms with van der Waals surface area (Å²) >= 11 is 0. The first-order chi connectivity index (χ1) is 8.15. The normalized spacial score (nSPS) is 10.2. The molecule has 0 saturated carbocycles. The average molecular weight is 232 g/mol. The second-order valence-electron chi connectivity index (χ2n) is 3.74. The summed E-state index contributed by atoms with van der Waals surface area (Å²) in [6, 6.07) is 9.70. The van der Waals surface area contributed by atoms with Gasteiger partial charge in [-0.25, -0.2) is 4.39 Å². The molecule has 0 aliphatic rings. The van der Waals surface area contributed by atoms with E-state index in [1.807, 2.05) is 25.1 Å². The lowest BCUT2D eigenvalue weighted by Gasteiger charge is -2.08. The largest absolute Gasteiger partial charge is 0.485 e. The first-order valence-electron chi connectivity index (χ1n) is 5.25. The highest BCUT2D eigenvalue weighted by atomic mass is 19.1. The van der Waals surface area contributed by atoms with E-state index in [-0.39, 0.29) is 12.4 Å². The van der Waals surface area contributed by atoms with Crippen LogP contribution in [-0.2, 0) is 6.61 Å². The van der Waals surface area contributed by atoms with Crippen LogP contribution in [0.25, 0.3) is 0 Å². The van der Waals surface area contributed by atoms with Crippen LogP contribution in [0.5, 0.6) is 5.75 Å². The molecule has 3 nitrogen and oxygen atoms in total. The Morgan fingerprint density at radius 2 is 2.12 bits per heavy atom.